The Morgan fingerprint density at radius 2 is 1.92 bits per heavy atom. The molecule has 2 aromatic rings. The van der Waals surface area contributed by atoms with Crippen LogP contribution in [-0.2, 0) is 4.79 Å². The van der Waals surface area contributed by atoms with Gasteiger partial charge in [-0.2, -0.15) is 0 Å². The zero-order valence-corrected chi connectivity index (χ0v) is 15.1. The van der Waals surface area contributed by atoms with Crippen LogP contribution in [0.5, 0.6) is 0 Å². The second kappa shape index (κ2) is 7.28. The Morgan fingerprint density at radius 1 is 1.20 bits per heavy atom. The van der Waals surface area contributed by atoms with Gasteiger partial charge in [-0.15, -0.1) is 0 Å². The van der Waals surface area contributed by atoms with Gasteiger partial charge in [-0.25, -0.2) is 0 Å². The first-order valence-corrected chi connectivity index (χ1v) is 8.79. The zero-order valence-electron chi connectivity index (χ0n) is 14.3. The Labute approximate surface area is 152 Å². The van der Waals surface area contributed by atoms with E-state index in [1.807, 2.05) is 30.3 Å². The summed E-state index contributed by atoms with van der Waals surface area (Å²) in [7, 11) is 0. The van der Waals surface area contributed by atoms with Gasteiger partial charge in [0.25, 0.3) is 5.91 Å². The molecule has 2 aromatic carbocycles. The van der Waals surface area contributed by atoms with E-state index >= 15 is 0 Å². The van der Waals surface area contributed by atoms with Crippen molar-refractivity contribution in [3.05, 3.63) is 70.2 Å². The van der Waals surface area contributed by atoms with Crippen LogP contribution in [0.3, 0.4) is 0 Å². The van der Waals surface area contributed by atoms with Crippen molar-refractivity contribution >= 4 is 23.4 Å². The van der Waals surface area contributed by atoms with Crippen LogP contribution in [0.2, 0.25) is 5.02 Å². The summed E-state index contributed by atoms with van der Waals surface area (Å²) in [5, 5.41) is 3.38. The fraction of sp³-hybridized carbons (Fsp3) is 0.300. The largest absolute Gasteiger partial charge is 0.352 e. The third kappa shape index (κ3) is 3.69. The molecule has 130 valence electrons. The number of rotatable bonds is 3. The van der Waals surface area contributed by atoms with Gasteiger partial charge in [0.05, 0.1) is 0 Å². The van der Waals surface area contributed by atoms with Gasteiger partial charge in [0.2, 0.25) is 5.91 Å². The number of carbonyl (C=O) groups is 2. The number of carbonyl (C=O) groups excluding carboxylic acids is 2. The van der Waals surface area contributed by atoms with Gasteiger partial charge in [0.1, 0.15) is 6.04 Å². The van der Waals surface area contributed by atoms with E-state index in [4.69, 9.17) is 11.6 Å². The molecule has 0 saturated carbocycles. The maximum absolute atomic E-state index is 13.0. The molecule has 0 radical (unpaired) electrons. The molecule has 0 bridgehead atoms. The van der Waals surface area contributed by atoms with Crippen LogP contribution in [-0.4, -0.2) is 29.8 Å². The molecule has 2 amide bonds. The average molecular weight is 357 g/mol. The SMILES string of the molecule is CC(C)c1ccc(C(=O)N2CCNC(=O)C2c2cccc(Cl)c2)cc1. The number of nitrogens with one attached hydrogen (secondary N) is 1. The summed E-state index contributed by atoms with van der Waals surface area (Å²) in [6, 6.07) is 14.0. The fourth-order valence-electron chi connectivity index (χ4n) is 3.07. The van der Waals surface area contributed by atoms with Crippen molar-refractivity contribution in [2.45, 2.75) is 25.8 Å². The van der Waals surface area contributed by atoms with Crippen LogP contribution in [0.1, 0.15) is 47.3 Å². The molecule has 25 heavy (non-hydrogen) atoms. The Hall–Kier alpha value is -2.33. The molecule has 1 heterocycles. The summed E-state index contributed by atoms with van der Waals surface area (Å²) >= 11 is 6.07. The third-order valence-electron chi connectivity index (χ3n) is 4.46. The highest BCUT2D eigenvalue weighted by molar-refractivity contribution is 6.30. The summed E-state index contributed by atoms with van der Waals surface area (Å²) in [5.74, 6) is 0.0833. The molecule has 0 spiro atoms. The highest BCUT2D eigenvalue weighted by atomic mass is 35.5. The van der Waals surface area contributed by atoms with Crippen LogP contribution in [0.15, 0.2) is 48.5 Å². The average Bonchev–Trinajstić information content (AvgIpc) is 2.61. The number of amides is 2. The van der Waals surface area contributed by atoms with E-state index in [2.05, 4.69) is 19.2 Å². The van der Waals surface area contributed by atoms with Gasteiger partial charge < -0.3 is 10.2 Å². The van der Waals surface area contributed by atoms with Crippen molar-refractivity contribution in [2.24, 2.45) is 0 Å². The van der Waals surface area contributed by atoms with Crippen LogP contribution in [0.25, 0.3) is 0 Å². The van der Waals surface area contributed by atoms with Crippen molar-refractivity contribution < 1.29 is 9.59 Å². The number of nitrogens with zero attached hydrogens (tertiary/aromatic N) is 1. The minimum absolute atomic E-state index is 0.143. The van der Waals surface area contributed by atoms with Crippen molar-refractivity contribution in [3.8, 4) is 0 Å². The summed E-state index contributed by atoms with van der Waals surface area (Å²) in [5.41, 5.74) is 2.49. The van der Waals surface area contributed by atoms with Crippen molar-refractivity contribution in [1.29, 1.82) is 0 Å². The number of benzene rings is 2. The number of hydrogen-bond donors (Lipinski definition) is 1. The number of halogens is 1. The van der Waals surface area contributed by atoms with Crippen LogP contribution >= 0.6 is 11.6 Å². The first-order chi connectivity index (χ1) is 12.0. The van der Waals surface area contributed by atoms with E-state index in [0.717, 1.165) is 5.56 Å². The van der Waals surface area contributed by atoms with Crippen molar-refractivity contribution in [3.63, 3.8) is 0 Å². The lowest BCUT2D eigenvalue weighted by Crippen LogP contribution is -2.52. The molecule has 1 aliphatic rings. The smallest absolute Gasteiger partial charge is 0.254 e. The molecule has 1 atom stereocenters. The third-order valence-corrected chi connectivity index (χ3v) is 4.70. The first-order valence-electron chi connectivity index (χ1n) is 8.41. The molecule has 1 unspecified atom stereocenters. The Bertz CT molecular complexity index is 787. The molecule has 1 N–H and O–H groups in total. The van der Waals surface area contributed by atoms with Gasteiger partial charge in [0, 0.05) is 23.7 Å². The Balaban J connectivity index is 1.92. The second-order valence-electron chi connectivity index (χ2n) is 6.52. The summed E-state index contributed by atoms with van der Waals surface area (Å²) < 4.78 is 0. The Kier molecular flexibility index (Phi) is 5.09. The molecule has 4 nitrogen and oxygen atoms in total. The topological polar surface area (TPSA) is 49.4 Å². The molecular weight excluding hydrogens is 336 g/mol. The van der Waals surface area contributed by atoms with Gasteiger partial charge >= 0.3 is 0 Å². The van der Waals surface area contributed by atoms with Gasteiger partial charge in [-0.3, -0.25) is 9.59 Å². The molecular formula is C20H21ClN2O2. The van der Waals surface area contributed by atoms with E-state index in [0.29, 0.717) is 29.6 Å². The lowest BCUT2D eigenvalue weighted by atomic mass is 9.99. The van der Waals surface area contributed by atoms with E-state index in [1.54, 1.807) is 23.1 Å². The second-order valence-corrected chi connectivity index (χ2v) is 6.96. The van der Waals surface area contributed by atoms with Crippen molar-refractivity contribution in [2.75, 3.05) is 13.1 Å². The molecule has 1 fully saturated rings. The van der Waals surface area contributed by atoms with Gasteiger partial charge in [-0.1, -0.05) is 49.7 Å². The Morgan fingerprint density at radius 3 is 2.56 bits per heavy atom. The van der Waals surface area contributed by atoms with E-state index in [-0.39, 0.29) is 11.8 Å². The monoisotopic (exact) mass is 356 g/mol. The molecule has 0 aromatic heterocycles. The van der Waals surface area contributed by atoms with Crippen molar-refractivity contribution in [1.82, 2.24) is 10.2 Å². The predicted molar refractivity (Wildman–Crippen MR) is 98.8 cm³/mol. The molecule has 1 saturated heterocycles. The maximum Gasteiger partial charge on any atom is 0.254 e. The summed E-state index contributed by atoms with van der Waals surface area (Å²) in [4.78, 5) is 27.1. The molecule has 1 aliphatic heterocycles. The van der Waals surface area contributed by atoms with Gasteiger partial charge in [0.15, 0.2) is 0 Å². The normalized spacial score (nSPS) is 17.5. The minimum Gasteiger partial charge on any atom is -0.352 e. The zero-order chi connectivity index (χ0) is 18.0. The maximum atomic E-state index is 13.0. The van der Waals surface area contributed by atoms with E-state index in [1.165, 1.54) is 5.56 Å². The molecule has 0 aliphatic carbocycles. The van der Waals surface area contributed by atoms with Gasteiger partial charge in [-0.05, 0) is 41.3 Å². The lowest BCUT2D eigenvalue weighted by molar-refractivity contribution is -0.128. The lowest BCUT2D eigenvalue weighted by Gasteiger charge is -2.35. The highest BCUT2D eigenvalue weighted by Crippen LogP contribution is 2.27. The molecule has 5 heteroatoms. The predicted octanol–water partition coefficient (Wildman–Crippen LogP) is 3.78. The fourth-order valence-corrected chi connectivity index (χ4v) is 3.27. The summed E-state index contributed by atoms with van der Waals surface area (Å²) in [6.07, 6.45) is 0. The van der Waals surface area contributed by atoms with E-state index in [9.17, 15) is 9.59 Å². The molecule has 3 rings (SSSR count). The standard InChI is InChI=1S/C20H21ClN2O2/c1-13(2)14-6-8-15(9-7-14)20(25)23-11-10-22-19(24)18(23)16-4-3-5-17(21)12-16/h3-9,12-13,18H,10-11H2,1-2H3,(H,22,24). The first kappa shape index (κ1) is 17.5. The van der Waals surface area contributed by atoms with Crippen LogP contribution in [0, 0.1) is 0 Å². The van der Waals surface area contributed by atoms with Crippen LogP contribution < -0.4 is 5.32 Å². The van der Waals surface area contributed by atoms with E-state index < -0.39 is 6.04 Å². The highest BCUT2D eigenvalue weighted by Gasteiger charge is 2.34. The quantitative estimate of drug-likeness (QED) is 0.909. The minimum atomic E-state index is -0.662. The number of piperazine rings is 1. The number of hydrogen-bond acceptors (Lipinski definition) is 2. The van der Waals surface area contributed by atoms with Crippen LogP contribution in [0.4, 0.5) is 0 Å². The summed E-state index contributed by atoms with van der Waals surface area (Å²) in [6.45, 7) is 5.14.